The van der Waals surface area contributed by atoms with E-state index in [1.165, 1.54) is 19.3 Å². The van der Waals surface area contributed by atoms with Crippen LogP contribution in [-0.2, 0) is 0 Å². The van der Waals surface area contributed by atoms with Crippen molar-refractivity contribution < 1.29 is 0 Å². The highest BCUT2D eigenvalue weighted by Gasteiger charge is 2.44. The van der Waals surface area contributed by atoms with Crippen molar-refractivity contribution in [3.05, 3.63) is 0 Å². The van der Waals surface area contributed by atoms with Gasteiger partial charge in [0, 0.05) is 5.88 Å². The van der Waals surface area contributed by atoms with E-state index in [-0.39, 0.29) is 0 Å². The molecule has 1 saturated carbocycles. The van der Waals surface area contributed by atoms with E-state index in [0.29, 0.717) is 5.41 Å². The highest BCUT2D eigenvalue weighted by Crippen LogP contribution is 2.53. The maximum Gasteiger partial charge on any atom is 0.0223 e. The Bertz CT molecular complexity index is 96.7. The van der Waals surface area contributed by atoms with E-state index >= 15 is 0 Å². The maximum absolute atomic E-state index is 5.57. The molecule has 1 atom stereocenters. The molecule has 0 saturated heterocycles. The summed E-state index contributed by atoms with van der Waals surface area (Å²) < 4.78 is 0. The second-order valence-corrected chi connectivity index (χ2v) is 4.10. The van der Waals surface area contributed by atoms with E-state index in [1.807, 2.05) is 0 Å². The normalized spacial score (nSPS) is 30.3. The fourth-order valence-electron chi connectivity index (χ4n) is 1.39. The van der Waals surface area contributed by atoms with Crippen molar-refractivity contribution in [2.45, 2.75) is 33.1 Å². The number of halogens is 1. The van der Waals surface area contributed by atoms with Gasteiger partial charge in [-0.1, -0.05) is 13.8 Å². The minimum Gasteiger partial charge on any atom is -0.127 e. The quantitative estimate of drug-likeness (QED) is 0.537. The summed E-state index contributed by atoms with van der Waals surface area (Å²) in [7, 11) is 0. The molecule has 0 nitrogen and oxygen atoms in total. The Morgan fingerprint density at radius 1 is 1.56 bits per heavy atom. The molecule has 0 radical (unpaired) electrons. The van der Waals surface area contributed by atoms with E-state index in [1.54, 1.807) is 0 Å². The third-order valence-electron chi connectivity index (χ3n) is 2.40. The van der Waals surface area contributed by atoms with Crippen LogP contribution in [0.15, 0.2) is 0 Å². The Labute approximate surface area is 62.6 Å². The summed E-state index contributed by atoms with van der Waals surface area (Å²) in [6, 6.07) is 0. The fraction of sp³-hybridized carbons (Fsp3) is 1.00. The van der Waals surface area contributed by atoms with E-state index in [4.69, 9.17) is 11.6 Å². The lowest BCUT2D eigenvalue weighted by molar-refractivity contribution is 0.529. The molecule has 0 aromatic carbocycles. The van der Waals surface area contributed by atoms with Crippen LogP contribution < -0.4 is 0 Å². The van der Waals surface area contributed by atoms with E-state index in [2.05, 4.69) is 13.8 Å². The molecule has 54 valence electrons. The highest BCUT2D eigenvalue weighted by molar-refractivity contribution is 6.17. The van der Waals surface area contributed by atoms with E-state index in [0.717, 1.165) is 11.8 Å². The summed E-state index contributed by atoms with van der Waals surface area (Å²) in [6.45, 7) is 4.68. The van der Waals surface area contributed by atoms with Gasteiger partial charge in [-0.3, -0.25) is 0 Å². The first-order chi connectivity index (χ1) is 4.17. The Morgan fingerprint density at radius 2 is 2.11 bits per heavy atom. The van der Waals surface area contributed by atoms with Crippen LogP contribution in [0.25, 0.3) is 0 Å². The minimum atomic E-state index is 0.659. The number of hydrogen-bond acceptors (Lipinski definition) is 0. The monoisotopic (exact) mass is 146 g/mol. The van der Waals surface area contributed by atoms with Crippen molar-refractivity contribution in [2.24, 2.45) is 11.3 Å². The van der Waals surface area contributed by atoms with Crippen LogP contribution in [0.5, 0.6) is 0 Å². The minimum absolute atomic E-state index is 0.659. The molecule has 0 unspecified atom stereocenters. The molecule has 0 aliphatic heterocycles. The van der Waals surface area contributed by atoms with Gasteiger partial charge in [0.2, 0.25) is 0 Å². The predicted molar refractivity (Wildman–Crippen MR) is 41.8 cm³/mol. The summed E-state index contributed by atoms with van der Waals surface area (Å²) in [5, 5.41) is 0. The van der Waals surface area contributed by atoms with E-state index in [9.17, 15) is 0 Å². The van der Waals surface area contributed by atoms with Crippen LogP contribution in [-0.4, -0.2) is 5.88 Å². The van der Waals surface area contributed by atoms with Gasteiger partial charge < -0.3 is 0 Å². The molecule has 1 heteroatoms. The lowest BCUT2D eigenvalue weighted by Gasteiger charge is -1.99. The fourth-order valence-corrected chi connectivity index (χ4v) is 1.55. The standard InChI is InChI=1S/C8H15Cl/c1-8(2)6-7(8)4-3-5-9/h7H,3-6H2,1-2H3/t7-/m0/s1. The third kappa shape index (κ3) is 1.86. The van der Waals surface area contributed by atoms with Crippen LogP contribution in [0.4, 0.5) is 0 Å². The summed E-state index contributed by atoms with van der Waals surface area (Å²) in [4.78, 5) is 0. The molecule has 1 fully saturated rings. The summed E-state index contributed by atoms with van der Waals surface area (Å²) in [5.74, 6) is 1.82. The molecule has 0 bridgehead atoms. The predicted octanol–water partition coefficient (Wildman–Crippen LogP) is 3.05. The molecule has 0 aromatic rings. The largest absolute Gasteiger partial charge is 0.127 e. The molecule has 1 aliphatic rings. The Hall–Kier alpha value is 0.290. The number of rotatable bonds is 3. The maximum atomic E-state index is 5.57. The van der Waals surface area contributed by atoms with Crippen molar-refractivity contribution in [3.8, 4) is 0 Å². The molecule has 1 rings (SSSR count). The van der Waals surface area contributed by atoms with Gasteiger partial charge >= 0.3 is 0 Å². The molecule has 0 N–H and O–H groups in total. The average Bonchev–Trinajstić information content (AvgIpc) is 2.35. The van der Waals surface area contributed by atoms with Crippen molar-refractivity contribution in [1.29, 1.82) is 0 Å². The van der Waals surface area contributed by atoms with Gasteiger partial charge in [-0.05, 0) is 30.6 Å². The molecule has 0 amide bonds. The Balaban J connectivity index is 2.06. The van der Waals surface area contributed by atoms with Crippen LogP contribution in [0.2, 0.25) is 0 Å². The van der Waals surface area contributed by atoms with Crippen molar-refractivity contribution in [2.75, 3.05) is 5.88 Å². The van der Waals surface area contributed by atoms with Gasteiger partial charge in [-0.25, -0.2) is 0 Å². The van der Waals surface area contributed by atoms with Gasteiger partial charge in [0.05, 0.1) is 0 Å². The van der Waals surface area contributed by atoms with Crippen molar-refractivity contribution >= 4 is 11.6 Å². The lowest BCUT2D eigenvalue weighted by atomic mass is 10.1. The van der Waals surface area contributed by atoms with Crippen LogP contribution in [0, 0.1) is 11.3 Å². The molecule has 9 heavy (non-hydrogen) atoms. The summed E-state index contributed by atoms with van der Waals surface area (Å²) in [5.41, 5.74) is 0.659. The lowest BCUT2D eigenvalue weighted by Crippen LogP contribution is -1.90. The first-order valence-electron chi connectivity index (χ1n) is 3.73. The van der Waals surface area contributed by atoms with Gasteiger partial charge in [0.25, 0.3) is 0 Å². The average molecular weight is 147 g/mol. The second-order valence-electron chi connectivity index (χ2n) is 3.72. The summed E-state index contributed by atoms with van der Waals surface area (Å²) in [6.07, 6.45) is 3.97. The van der Waals surface area contributed by atoms with Crippen molar-refractivity contribution in [1.82, 2.24) is 0 Å². The zero-order valence-corrected chi connectivity index (χ0v) is 7.04. The molecule has 0 heterocycles. The number of alkyl halides is 1. The van der Waals surface area contributed by atoms with Gasteiger partial charge in [-0.15, -0.1) is 11.6 Å². The first-order valence-corrected chi connectivity index (χ1v) is 4.26. The molecular formula is C8H15Cl. The molecule has 1 aliphatic carbocycles. The molecule has 0 aromatic heterocycles. The van der Waals surface area contributed by atoms with Crippen LogP contribution in [0.3, 0.4) is 0 Å². The highest BCUT2D eigenvalue weighted by atomic mass is 35.5. The topological polar surface area (TPSA) is 0 Å². The first kappa shape index (κ1) is 7.40. The summed E-state index contributed by atoms with van der Waals surface area (Å²) >= 11 is 5.57. The molecule has 0 spiro atoms. The molecular weight excluding hydrogens is 132 g/mol. The SMILES string of the molecule is CC1(C)C[C@@H]1CCCCl. The van der Waals surface area contributed by atoms with Crippen molar-refractivity contribution in [3.63, 3.8) is 0 Å². The smallest absolute Gasteiger partial charge is 0.0223 e. The third-order valence-corrected chi connectivity index (χ3v) is 2.67. The van der Waals surface area contributed by atoms with Crippen LogP contribution in [0.1, 0.15) is 33.1 Å². The van der Waals surface area contributed by atoms with Gasteiger partial charge in [0.1, 0.15) is 0 Å². The van der Waals surface area contributed by atoms with Crippen LogP contribution >= 0.6 is 11.6 Å². The number of hydrogen-bond donors (Lipinski definition) is 0. The Kier molecular flexibility index (Phi) is 2.05. The Morgan fingerprint density at radius 3 is 2.44 bits per heavy atom. The van der Waals surface area contributed by atoms with Gasteiger partial charge in [-0.2, -0.15) is 0 Å². The van der Waals surface area contributed by atoms with Gasteiger partial charge in [0.15, 0.2) is 0 Å². The zero-order chi connectivity index (χ0) is 6.91. The van der Waals surface area contributed by atoms with E-state index < -0.39 is 0 Å². The second kappa shape index (κ2) is 2.49. The zero-order valence-electron chi connectivity index (χ0n) is 6.28.